The second kappa shape index (κ2) is 8.22. The molecule has 31 heavy (non-hydrogen) atoms. The fourth-order valence-corrected chi connectivity index (χ4v) is 3.63. The van der Waals surface area contributed by atoms with E-state index in [9.17, 15) is 0 Å². The van der Waals surface area contributed by atoms with Crippen molar-refractivity contribution >= 4 is 17.0 Å². The highest BCUT2D eigenvalue weighted by Crippen LogP contribution is 2.36. The molecule has 160 valence electrons. The van der Waals surface area contributed by atoms with E-state index in [1.54, 1.807) is 26.6 Å². The number of pyridine rings is 1. The van der Waals surface area contributed by atoms with Gasteiger partial charge >= 0.3 is 0 Å². The molecule has 0 unspecified atom stereocenters. The average molecular weight is 419 g/mol. The van der Waals surface area contributed by atoms with Crippen LogP contribution in [0.2, 0.25) is 0 Å². The SMILES string of the molecule is COc1cc(Nc2nc(-c3cccnc3)nn3c(C(C)C)nc(C)c23)cc(C)c1OC. The van der Waals surface area contributed by atoms with Crippen LogP contribution in [0.3, 0.4) is 0 Å². The molecule has 8 heteroatoms. The predicted octanol–water partition coefficient (Wildman–Crippen LogP) is 4.69. The third-order valence-corrected chi connectivity index (χ3v) is 5.05. The van der Waals surface area contributed by atoms with Crippen LogP contribution in [0.4, 0.5) is 11.5 Å². The molecule has 0 radical (unpaired) electrons. The van der Waals surface area contributed by atoms with Crippen molar-refractivity contribution in [2.24, 2.45) is 0 Å². The van der Waals surface area contributed by atoms with Gasteiger partial charge in [-0.15, -0.1) is 5.10 Å². The minimum Gasteiger partial charge on any atom is -0.493 e. The van der Waals surface area contributed by atoms with Crippen LogP contribution in [0, 0.1) is 13.8 Å². The van der Waals surface area contributed by atoms with E-state index in [0.717, 1.165) is 33.8 Å². The van der Waals surface area contributed by atoms with E-state index >= 15 is 0 Å². The number of fused-ring (bicyclic) bond motifs is 1. The fourth-order valence-electron chi connectivity index (χ4n) is 3.63. The van der Waals surface area contributed by atoms with Crippen molar-refractivity contribution in [3.63, 3.8) is 0 Å². The molecule has 3 heterocycles. The van der Waals surface area contributed by atoms with Gasteiger partial charge in [-0.3, -0.25) is 4.98 Å². The number of methoxy groups -OCH3 is 2. The number of nitrogens with zero attached hydrogens (tertiary/aromatic N) is 5. The van der Waals surface area contributed by atoms with Gasteiger partial charge in [0.1, 0.15) is 11.3 Å². The molecule has 1 aromatic carbocycles. The van der Waals surface area contributed by atoms with Crippen LogP contribution in [-0.2, 0) is 0 Å². The number of aromatic nitrogens is 5. The van der Waals surface area contributed by atoms with Gasteiger partial charge in [0.05, 0.1) is 19.9 Å². The third kappa shape index (κ3) is 3.76. The lowest BCUT2D eigenvalue weighted by atomic mass is 10.1. The normalized spacial score (nSPS) is 11.2. The van der Waals surface area contributed by atoms with Crippen LogP contribution in [0.1, 0.15) is 36.8 Å². The van der Waals surface area contributed by atoms with Gasteiger partial charge in [0.2, 0.25) is 0 Å². The number of benzene rings is 1. The molecule has 0 aliphatic carbocycles. The Labute approximate surface area is 181 Å². The van der Waals surface area contributed by atoms with Crippen molar-refractivity contribution in [2.75, 3.05) is 19.5 Å². The highest BCUT2D eigenvalue weighted by atomic mass is 16.5. The Morgan fingerprint density at radius 1 is 1.06 bits per heavy atom. The van der Waals surface area contributed by atoms with Crippen LogP contribution in [0.15, 0.2) is 36.7 Å². The van der Waals surface area contributed by atoms with Gasteiger partial charge in [0.15, 0.2) is 23.1 Å². The molecule has 4 aromatic rings. The predicted molar refractivity (Wildman–Crippen MR) is 120 cm³/mol. The molecule has 0 saturated carbocycles. The summed E-state index contributed by atoms with van der Waals surface area (Å²) in [5.74, 6) is 3.67. The standard InChI is InChI=1S/C23H26N6O2/c1-13(2)23-25-15(4)19-22(26-17-10-14(3)20(31-6)18(11-17)30-5)27-21(28-29(19)23)16-8-7-9-24-12-16/h7-13H,1-6H3,(H,26,27,28). The lowest BCUT2D eigenvalue weighted by Gasteiger charge is -2.15. The van der Waals surface area contributed by atoms with E-state index in [1.807, 2.05) is 42.6 Å². The second-order valence-electron chi connectivity index (χ2n) is 7.65. The Morgan fingerprint density at radius 2 is 1.87 bits per heavy atom. The van der Waals surface area contributed by atoms with Crippen molar-refractivity contribution in [2.45, 2.75) is 33.6 Å². The van der Waals surface area contributed by atoms with Crippen LogP contribution >= 0.6 is 0 Å². The summed E-state index contributed by atoms with van der Waals surface area (Å²) in [4.78, 5) is 13.8. The highest BCUT2D eigenvalue weighted by Gasteiger charge is 2.20. The maximum absolute atomic E-state index is 5.51. The lowest BCUT2D eigenvalue weighted by molar-refractivity contribution is 0.353. The fraction of sp³-hybridized carbons (Fsp3) is 0.304. The molecule has 0 aliphatic heterocycles. The van der Waals surface area contributed by atoms with Crippen molar-refractivity contribution in [3.05, 3.63) is 53.7 Å². The van der Waals surface area contributed by atoms with Gasteiger partial charge in [0.25, 0.3) is 0 Å². The van der Waals surface area contributed by atoms with Crippen LogP contribution in [0.25, 0.3) is 16.9 Å². The summed E-state index contributed by atoms with van der Waals surface area (Å²) in [6, 6.07) is 7.70. The number of nitrogens with one attached hydrogen (secondary N) is 1. The number of anilines is 2. The zero-order valence-corrected chi connectivity index (χ0v) is 18.6. The van der Waals surface area contributed by atoms with E-state index in [-0.39, 0.29) is 5.92 Å². The molecule has 1 N–H and O–H groups in total. The molecule has 0 bridgehead atoms. The number of imidazole rings is 1. The maximum atomic E-state index is 5.51. The second-order valence-corrected chi connectivity index (χ2v) is 7.65. The van der Waals surface area contributed by atoms with Crippen LogP contribution < -0.4 is 14.8 Å². The van der Waals surface area contributed by atoms with Gasteiger partial charge in [-0.2, -0.15) is 0 Å². The zero-order chi connectivity index (χ0) is 22.1. The van der Waals surface area contributed by atoms with Gasteiger partial charge < -0.3 is 14.8 Å². The Balaban J connectivity index is 1.92. The van der Waals surface area contributed by atoms with Gasteiger partial charge in [0, 0.05) is 35.6 Å². The lowest BCUT2D eigenvalue weighted by Crippen LogP contribution is -2.07. The Kier molecular flexibility index (Phi) is 5.46. The molecule has 0 saturated heterocycles. The van der Waals surface area contributed by atoms with E-state index in [2.05, 4.69) is 24.1 Å². The molecular weight excluding hydrogens is 392 g/mol. The van der Waals surface area contributed by atoms with Gasteiger partial charge in [-0.1, -0.05) is 13.8 Å². The summed E-state index contributed by atoms with van der Waals surface area (Å²) in [5, 5.41) is 8.24. The number of aryl methyl sites for hydroxylation is 2. The zero-order valence-electron chi connectivity index (χ0n) is 18.6. The molecule has 3 aromatic heterocycles. The smallest absolute Gasteiger partial charge is 0.183 e. The van der Waals surface area contributed by atoms with Gasteiger partial charge in [-0.05, 0) is 37.6 Å². The summed E-state index contributed by atoms with van der Waals surface area (Å²) in [6.45, 7) is 8.15. The van der Waals surface area contributed by atoms with E-state index in [1.165, 1.54) is 0 Å². The first kappa shape index (κ1) is 20.6. The molecule has 0 amide bonds. The highest BCUT2D eigenvalue weighted by molar-refractivity contribution is 5.78. The Bertz CT molecular complexity index is 1230. The Morgan fingerprint density at radius 3 is 2.52 bits per heavy atom. The first-order valence-corrected chi connectivity index (χ1v) is 10.1. The monoisotopic (exact) mass is 418 g/mol. The first-order chi connectivity index (χ1) is 14.9. The van der Waals surface area contributed by atoms with E-state index in [4.69, 9.17) is 24.5 Å². The van der Waals surface area contributed by atoms with E-state index < -0.39 is 0 Å². The number of rotatable bonds is 6. The third-order valence-electron chi connectivity index (χ3n) is 5.05. The van der Waals surface area contributed by atoms with Crippen molar-refractivity contribution in [1.82, 2.24) is 24.6 Å². The number of hydrogen-bond acceptors (Lipinski definition) is 7. The van der Waals surface area contributed by atoms with Crippen molar-refractivity contribution in [1.29, 1.82) is 0 Å². The molecule has 4 rings (SSSR count). The molecule has 0 fully saturated rings. The first-order valence-electron chi connectivity index (χ1n) is 10.1. The van der Waals surface area contributed by atoms with Crippen molar-refractivity contribution < 1.29 is 9.47 Å². The summed E-state index contributed by atoms with van der Waals surface area (Å²) in [6.07, 6.45) is 3.48. The molecule has 0 spiro atoms. The largest absolute Gasteiger partial charge is 0.493 e. The summed E-state index contributed by atoms with van der Waals surface area (Å²) in [7, 11) is 3.26. The maximum Gasteiger partial charge on any atom is 0.183 e. The van der Waals surface area contributed by atoms with Crippen LogP contribution in [0.5, 0.6) is 11.5 Å². The number of ether oxygens (including phenoxy) is 2. The quantitative estimate of drug-likeness (QED) is 0.486. The summed E-state index contributed by atoms with van der Waals surface area (Å²) < 4.78 is 12.9. The molecule has 0 atom stereocenters. The topological polar surface area (TPSA) is 86.5 Å². The van der Waals surface area contributed by atoms with Gasteiger partial charge in [-0.25, -0.2) is 14.5 Å². The molecular formula is C23H26N6O2. The average Bonchev–Trinajstić information content (AvgIpc) is 3.11. The van der Waals surface area contributed by atoms with Crippen molar-refractivity contribution in [3.8, 4) is 22.9 Å². The minimum absolute atomic E-state index is 0.203. The summed E-state index contributed by atoms with van der Waals surface area (Å²) in [5.41, 5.74) is 4.32. The Hall–Kier alpha value is -3.68. The minimum atomic E-state index is 0.203. The molecule has 0 aliphatic rings. The van der Waals surface area contributed by atoms with E-state index in [0.29, 0.717) is 23.1 Å². The molecule has 8 nitrogen and oxygen atoms in total. The summed E-state index contributed by atoms with van der Waals surface area (Å²) >= 11 is 0. The number of hydrogen-bond donors (Lipinski definition) is 1. The van der Waals surface area contributed by atoms with Crippen LogP contribution in [-0.4, -0.2) is 38.8 Å².